The number of nitrogens with zero attached hydrogens (tertiary/aromatic N) is 2. The van der Waals surface area contributed by atoms with Crippen molar-refractivity contribution in [2.45, 2.75) is 24.1 Å². The second-order valence-corrected chi connectivity index (χ2v) is 5.11. The molecule has 0 unspecified atom stereocenters. The molecule has 0 saturated carbocycles. The second-order valence-electron chi connectivity index (χ2n) is 4.09. The molecule has 2 rings (SSSR count). The Morgan fingerprint density at radius 1 is 1.17 bits per heavy atom. The van der Waals surface area contributed by atoms with Crippen LogP contribution in [-0.2, 0) is 12.3 Å². The van der Waals surface area contributed by atoms with Crippen molar-refractivity contribution in [1.29, 1.82) is 0 Å². The first kappa shape index (κ1) is 13.1. The van der Waals surface area contributed by atoms with E-state index in [9.17, 15) is 0 Å². The summed E-state index contributed by atoms with van der Waals surface area (Å²) in [6.45, 7) is 2.93. The van der Waals surface area contributed by atoms with Gasteiger partial charge < -0.3 is 5.32 Å². The predicted octanol–water partition coefficient (Wildman–Crippen LogP) is 2.80. The van der Waals surface area contributed by atoms with E-state index in [0.29, 0.717) is 0 Å². The highest BCUT2D eigenvalue weighted by Crippen LogP contribution is 2.24. The van der Waals surface area contributed by atoms with Crippen LogP contribution in [-0.4, -0.2) is 17.0 Å². The van der Waals surface area contributed by atoms with Crippen LogP contribution in [0.25, 0.3) is 0 Å². The maximum atomic E-state index is 4.37. The van der Waals surface area contributed by atoms with Gasteiger partial charge >= 0.3 is 0 Å². The van der Waals surface area contributed by atoms with Crippen molar-refractivity contribution in [3.63, 3.8) is 0 Å². The van der Waals surface area contributed by atoms with Crippen LogP contribution in [0.15, 0.2) is 41.6 Å². The monoisotopic (exact) mass is 259 g/mol. The van der Waals surface area contributed by atoms with Gasteiger partial charge in [-0.1, -0.05) is 18.2 Å². The Morgan fingerprint density at radius 2 is 1.89 bits per heavy atom. The Kier molecular flexibility index (Phi) is 4.73. The van der Waals surface area contributed by atoms with E-state index < -0.39 is 0 Å². The van der Waals surface area contributed by atoms with Gasteiger partial charge in [0.15, 0.2) is 0 Å². The normalized spacial score (nSPS) is 10.6. The van der Waals surface area contributed by atoms with Gasteiger partial charge in [0.2, 0.25) is 0 Å². The van der Waals surface area contributed by atoms with Crippen LogP contribution in [0.2, 0.25) is 0 Å². The van der Waals surface area contributed by atoms with Crippen LogP contribution in [0, 0.1) is 6.92 Å². The average Bonchev–Trinajstić information content (AvgIpc) is 2.40. The van der Waals surface area contributed by atoms with Crippen molar-refractivity contribution in [2.24, 2.45) is 0 Å². The number of hydrogen-bond donors (Lipinski definition) is 1. The second kappa shape index (κ2) is 6.52. The first-order valence-electron chi connectivity index (χ1n) is 5.92. The molecule has 0 amide bonds. The van der Waals surface area contributed by atoms with E-state index in [1.165, 1.54) is 10.5 Å². The molecule has 0 saturated heterocycles. The third kappa shape index (κ3) is 3.55. The highest BCUT2D eigenvalue weighted by Gasteiger charge is 2.01. The minimum atomic E-state index is 0.810. The fraction of sp³-hybridized carbons (Fsp3) is 0.286. The maximum absolute atomic E-state index is 4.37. The number of aromatic nitrogens is 2. The number of hydrogen-bond acceptors (Lipinski definition) is 4. The summed E-state index contributed by atoms with van der Waals surface area (Å²) in [6, 6.07) is 8.38. The third-order valence-electron chi connectivity index (χ3n) is 2.59. The lowest BCUT2D eigenvalue weighted by Gasteiger charge is -2.05. The predicted molar refractivity (Wildman–Crippen MR) is 75.5 cm³/mol. The molecule has 0 spiro atoms. The van der Waals surface area contributed by atoms with Crippen molar-refractivity contribution in [3.8, 4) is 0 Å². The molecule has 2 aromatic rings. The Hall–Kier alpha value is -1.39. The van der Waals surface area contributed by atoms with E-state index >= 15 is 0 Å². The first-order chi connectivity index (χ1) is 8.79. The summed E-state index contributed by atoms with van der Waals surface area (Å²) >= 11 is 1.78. The fourth-order valence-electron chi connectivity index (χ4n) is 1.61. The number of benzene rings is 1. The van der Waals surface area contributed by atoms with Crippen molar-refractivity contribution in [3.05, 3.63) is 53.6 Å². The van der Waals surface area contributed by atoms with Gasteiger partial charge in [0.25, 0.3) is 0 Å². The van der Waals surface area contributed by atoms with Crippen molar-refractivity contribution in [1.82, 2.24) is 15.3 Å². The molecule has 0 radical (unpaired) electrons. The van der Waals surface area contributed by atoms with Crippen LogP contribution in [0.3, 0.4) is 0 Å². The lowest BCUT2D eigenvalue weighted by Crippen LogP contribution is -2.06. The topological polar surface area (TPSA) is 37.8 Å². The van der Waals surface area contributed by atoms with E-state index in [1.54, 1.807) is 11.8 Å². The molecule has 1 N–H and O–H groups in total. The molecule has 0 atom stereocenters. The molecule has 0 bridgehead atoms. The summed E-state index contributed by atoms with van der Waals surface area (Å²) < 4.78 is 0. The Bertz CT molecular complexity index is 497. The van der Waals surface area contributed by atoms with Crippen LogP contribution in [0.1, 0.15) is 17.0 Å². The molecular formula is C14H17N3S. The zero-order valence-corrected chi connectivity index (χ0v) is 11.5. The number of aryl methyl sites for hydroxylation is 1. The van der Waals surface area contributed by atoms with E-state index in [2.05, 4.69) is 46.5 Å². The van der Waals surface area contributed by atoms with Gasteiger partial charge in [0, 0.05) is 29.4 Å². The minimum absolute atomic E-state index is 0.810. The largest absolute Gasteiger partial charge is 0.316 e. The van der Waals surface area contributed by atoms with Crippen molar-refractivity contribution in [2.75, 3.05) is 7.05 Å². The standard InChI is InChI=1S/C14H17N3S/c1-11-5-3-4-6-13(11)18-10-14-16-8-12(7-15-2)9-17-14/h3-6,8-9,15H,7,10H2,1-2H3. The van der Waals surface area contributed by atoms with Gasteiger partial charge in [-0.2, -0.15) is 0 Å². The zero-order chi connectivity index (χ0) is 12.8. The van der Waals surface area contributed by atoms with Crippen LogP contribution >= 0.6 is 11.8 Å². The lowest BCUT2D eigenvalue weighted by molar-refractivity contribution is 0.801. The lowest BCUT2D eigenvalue weighted by atomic mass is 10.2. The molecule has 1 aromatic carbocycles. The summed E-state index contributed by atoms with van der Waals surface area (Å²) in [6.07, 6.45) is 3.77. The van der Waals surface area contributed by atoms with Gasteiger partial charge in [0.1, 0.15) is 5.82 Å². The summed E-state index contributed by atoms with van der Waals surface area (Å²) in [5, 5.41) is 3.08. The van der Waals surface area contributed by atoms with E-state index in [1.807, 2.05) is 19.4 Å². The molecule has 0 aliphatic heterocycles. The Morgan fingerprint density at radius 3 is 2.56 bits per heavy atom. The van der Waals surface area contributed by atoms with Crippen LogP contribution in [0.5, 0.6) is 0 Å². The first-order valence-corrected chi connectivity index (χ1v) is 6.91. The van der Waals surface area contributed by atoms with Gasteiger partial charge in [-0.15, -0.1) is 11.8 Å². The summed E-state index contributed by atoms with van der Waals surface area (Å²) in [7, 11) is 1.92. The number of nitrogens with one attached hydrogen (secondary N) is 1. The SMILES string of the molecule is CNCc1cnc(CSc2ccccc2C)nc1. The maximum Gasteiger partial charge on any atom is 0.138 e. The van der Waals surface area contributed by atoms with Crippen molar-refractivity contribution < 1.29 is 0 Å². The smallest absolute Gasteiger partial charge is 0.138 e. The van der Waals surface area contributed by atoms with Gasteiger partial charge in [-0.05, 0) is 25.6 Å². The van der Waals surface area contributed by atoms with Crippen molar-refractivity contribution >= 4 is 11.8 Å². The summed E-state index contributed by atoms with van der Waals surface area (Å²) in [5.41, 5.74) is 2.41. The fourth-order valence-corrected chi connectivity index (χ4v) is 2.52. The molecule has 94 valence electrons. The average molecular weight is 259 g/mol. The summed E-state index contributed by atoms with van der Waals surface area (Å²) in [4.78, 5) is 10.0. The number of rotatable bonds is 5. The third-order valence-corrected chi connectivity index (χ3v) is 3.76. The quantitative estimate of drug-likeness (QED) is 0.838. The van der Waals surface area contributed by atoms with Gasteiger partial charge in [-0.25, -0.2) is 9.97 Å². The molecule has 0 aliphatic rings. The molecule has 0 aliphatic carbocycles. The number of thioether (sulfide) groups is 1. The Labute approximate surface area is 112 Å². The molecule has 3 nitrogen and oxygen atoms in total. The highest BCUT2D eigenvalue weighted by atomic mass is 32.2. The minimum Gasteiger partial charge on any atom is -0.316 e. The summed E-state index contributed by atoms with van der Waals surface area (Å²) in [5.74, 6) is 1.69. The molecule has 0 fully saturated rings. The van der Waals surface area contributed by atoms with E-state index in [4.69, 9.17) is 0 Å². The molecule has 1 aromatic heterocycles. The molecular weight excluding hydrogens is 242 g/mol. The Balaban J connectivity index is 1.96. The van der Waals surface area contributed by atoms with E-state index in [0.717, 1.165) is 23.7 Å². The highest BCUT2D eigenvalue weighted by molar-refractivity contribution is 7.98. The molecule has 4 heteroatoms. The zero-order valence-electron chi connectivity index (χ0n) is 10.7. The van der Waals surface area contributed by atoms with Gasteiger partial charge in [-0.3, -0.25) is 0 Å². The molecule has 18 heavy (non-hydrogen) atoms. The molecule has 1 heterocycles. The van der Waals surface area contributed by atoms with Crippen LogP contribution < -0.4 is 5.32 Å². The van der Waals surface area contributed by atoms with Crippen LogP contribution in [0.4, 0.5) is 0 Å². The van der Waals surface area contributed by atoms with Gasteiger partial charge in [0.05, 0.1) is 5.75 Å². The van der Waals surface area contributed by atoms with E-state index in [-0.39, 0.29) is 0 Å².